The molecule has 2 amide bonds. The zero-order valence-electron chi connectivity index (χ0n) is 13.2. The molecule has 0 saturated carbocycles. The lowest BCUT2D eigenvalue weighted by atomic mass is 10.00. The molecule has 3 N–H and O–H groups in total. The third kappa shape index (κ3) is 3.91. The fraction of sp³-hybridized carbons (Fsp3) is 0.353. The van der Waals surface area contributed by atoms with Crippen LogP contribution in [0.2, 0.25) is 0 Å². The highest BCUT2D eigenvalue weighted by Gasteiger charge is 2.16. The zero-order chi connectivity index (χ0) is 16.9. The molecule has 0 aliphatic heterocycles. The number of pyridine rings is 1. The summed E-state index contributed by atoms with van der Waals surface area (Å²) in [6, 6.07) is 5.25. The number of aryl methyl sites for hydroxylation is 2. The third-order valence-electron chi connectivity index (χ3n) is 4.07. The molecule has 2 heterocycles. The normalized spacial score (nSPS) is 14.2. The summed E-state index contributed by atoms with van der Waals surface area (Å²) in [5.74, 6) is -0.717. The Morgan fingerprint density at radius 2 is 1.83 bits per heavy atom. The second-order valence-corrected chi connectivity index (χ2v) is 7.34. The molecule has 0 radical (unpaired) electrons. The second kappa shape index (κ2) is 7.72. The second-order valence-electron chi connectivity index (χ2n) is 5.79. The summed E-state index contributed by atoms with van der Waals surface area (Å²) in [6.45, 7) is 0. The summed E-state index contributed by atoms with van der Waals surface area (Å²) < 4.78 is 0.336. The maximum Gasteiger partial charge on any atom is 0.279 e. The standard InChI is InChI=1S/C17H19N3O2S2/c21-15(12-7-5-9-18-17(12)23)19-20-16(22)14-10-11-6-3-1-2-4-8-13(11)24-14/h5,7,9-10H,1-4,6,8H2,(H,18,23)(H,19,21)(H,20,22). The molecule has 0 unspecified atom stereocenters. The fourth-order valence-corrected chi connectivity index (χ4v) is 4.18. The highest BCUT2D eigenvalue weighted by Crippen LogP contribution is 2.28. The molecule has 0 bridgehead atoms. The number of nitrogens with one attached hydrogen (secondary N) is 3. The van der Waals surface area contributed by atoms with Crippen LogP contribution in [-0.2, 0) is 12.8 Å². The van der Waals surface area contributed by atoms with E-state index in [1.165, 1.54) is 47.5 Å². The average Bonchev–Trinajstić information content (AvgIpc) is 2.95. The summed E-state index contributed by atoms with van der Waals surface area (Å²) in [5.41, 5.74) is 6.51. The first-order chi connectivity index (χ1) is 11.6. The third-order valence-corrected chi connectivity index (χ3v) is 5.65. The molecule has 126 valence electrons. The van der Waals surface area contributed by atoms with Crippen LogP contribution in [0.1, 0.15) is 56.2 Å². The predicted octanol–water partition coefficient (Wildman–Crippen LogP) is 3.54. The van der Waals surface area contributed by atoms with E-state index < -0.39 is 5.91 Å². The molecule has 0 spiro atoms. The van der Waals surface area contributed by atoms with Crippen LogP contribution in [0.4, 0.5) is 0 Å². The van der Waals surface area contributed by atoms with Crippen LogP contribution < -0.4 is 10.9 Å². The lowest BCUT2D eigenvalue weighted by Crippen LogP contribution is -2.41. The number of carbonyl (C=O) groups is 2. The van der Waals surface area contributed by atoms with Crippen molar-refractivity contribution in [2.24, 2.45) is 0 Å². The topological polar surface area (TPSA) is 74.0 Å². The summed E-state index contributed by atoms with van der Waals surface area (Å²) in [7, 11) is 0. The minimum atomic E-state index is -0.430. The summed E-state index contributed by atoms with van der Waals surface area (Å²) >= 11 is 6.59. The summed E-state index contributed by atoms with van der Waals surface area (Å²) in [6.07, 6.45) is 8.59. The smallest absolute Gasteiger partial charge is 0.279 e. The number of hydrogen-bond donors (Lipinski definition) is 3. The Labute approximate surface area is 149 Å². The molecule has 1 aliphatic carbocycles. The van der Waals surface area contributed by atoms with E-state index in [0.717, 1.165) is 12.8 Å². The van der Waals surface area contributed by atoms with E-state index in [1.54, 1.807) is 18.3 Å². The van der Waals surface area contributed by atoms with Crippen LogP contribution in [0.5, 0.6) is 0 Å². The molecule has 0 atom stereocenters. The van der Waals surface area contributed by atoms with Gasteiger partial charge in [-0.2, -0.15) is 0 Å². The monoisotopic (exact) mass is 361 g/mol. The van der Waals surface area contributed by atoms with Gasteiger partial charge in [0.25, 0.3) is 11.8 Å². The molecule has 0 fully saturated rings. The first-order valence-electron chi connectivity index (χ1n) is 8.05. The van der Waals surface area contributed by atoms with Gasteiger partial charge in [-0.25, -0.2) is 0 Å². The quantitative estimate of drug-likeness (QED) is 0.566. The van der Waals surface area contributed by atoms with Crippen LogP contribution in [0.15, 0.2) is 24.4 Å². The van der Waals surface area contributed by atoms with Gasteiger partial charge in [0.1, 0.15) is 4.64 Å². The van der Waals surface area contributed by atoms with Gasteiger partial charge in [0, 0.05) is 11.1 Å². The van der Waals surface area contributed by atoms with E-state index >= 15 is 0 Å². The Bertz CT molecular complexity index is 785. The van der Waals surface area contributed by atoms with E-state index in [9.17, 15) is 9.59 Å². The minimum absolute atomic E-state index is 0.286. The lowest BCUT2D eigenvalue weighted by molar-refractivity contribution is 0.0848. The van der Waals surface area contributed by atoms with E-state index in [1.807, 2.05) is 6.07 Å². The SMILES string of the molecule is O=C(NNC(=O)c1ccc[nH]c1=S)c1cc2c(s1)CCCCCC2. The van der Waals surface area contributed by atoms with Crippen molar-refractivity contribution in [1.29, 1.82) is 0 Å². The number of thiophene rings is 1. The largest absolute Gasteiger partial charge is 0.352 e. The van der Waals surface area contributed by atoms with Gasteiger partial charge in [-0.15, -0.1) is 11.3 Å². The van der Waals surface area contributed by atoms with Crippen LogP contribution >= 0.6 is 23.6 Å². The number of aromatic nitrogens is 1. The average molecular weight is 361 g/mol. The Morgan fingerprint density at radius 1 is 1.08 bits per heavy atom. The van der Waals surface area contributed by atoms with Crippen LogP contribution in [0.3, 0.4) is 0 Å². The van der Waals surface area contributed by atoms with Crippen LogP contribution in [-0.4, -0.2) is 16.8 Å². The number of hydrogen-bond acceptors (Lipinski definition) is 4. The molecule has 3 rings (SSSR count). The molecule has 24 heavy (non-hydrogen) atoms. The van der Waals surface area contributed by atoms with Crippen molar-refractivity contribution in [3.8, 4) is 0 Å². The summed E-state index contributed by atoms with van der Waals surface area (Å²) in [4.78, 5) is 29.1. The first-order valence-corrected chi connectivity index (χ1v) is 9.27. The Balaban J connectivity index is 1.65. The highest BCUT2D eigenvalue weighted by atomic mass is 32.1. The van der Waals surface area contributed by atoms with E-state index in [4.69, 9.17) is 12.2 Å². The molecule has 1 aliphatic rings. The molecule has 7 heteroatoms. The number of hydrazine groups is 1. The van der Waals surface area contributed by atoms with Crippen molar-refractivity contribution in [2.75, 3.05) is 0 Å². The Hall–Kier alpha value is -1.99. The van der Waals surface area contributed by atoms with Crippen LogP contribution in [0, 0.1) is 4.64 Å². The zero-order valence-corrected chi connectivity index (χ0v) is 14.8. The predicted molar refractivity (Wildman–Crippen MR) is 96.8 cm³/mol. The van der Waals surface area contributed by atoms with Gasteiger partial charge < -0.3 is 4.98 Å². The molecule has 5 nitrogen and oxygen atoms in total. The van der Waals surface area contributed by atoms with Crippen molar-refractivity contribution < 1.29 is 9.59 Å². The maximum atomic E-state index is 12.3. The van der Waals surface area contributed by atoms with E-state index in [0.29, 0.717) is 15.1 Å². The van der Waals surface area contributed by atoms with Crippen molar-refractivity contribution in [1.82, 2.24) is 15.8 Å². The highest BCUT2D eigenvalue weighted by molar-refractivity contribution is 7.71. The van der Waals surface area contributed by atoms with E-state index in [2.05, 4.69) is 15.8 Å². The van der Waals surface area contributed by atoms with Crippen molar-refractivity contribution >= 4 is 35.4 Å². The van der Waals surface area contributed by atoms with Gasteiger partial charge in [0.2, 0.25) is 0 Å². The summed E-state index contributed by atoms with van der Waals surface area (Å²) in [5, 5.41) is 0. The van der Waals surface area contributed by atoms with Crippen molar-refractivity contribution in [3.05, 3.63) is 49.9 Å². The van der Waals surface area contributed by atoms with Crippen LogP contribution in [0.25, 0.3) is 0 Å². The Kier molecular flexibility index (Phi) is 5.42. The van der Waals surface area contributed by atoms with E-state index in [-0.39, 0.29) is 5.91 Å². The molecule has 2 aromatic heterocycles. The van der Waals surface area contributed by atoms with Gasteiger partial charge in [-0.3, -0.25) is 20.4 Å². The van der Waals surface area contributed by atoms with Gasteiger partial charge in [-0.1, -0.05) is 25.1 Å². The Morgan fingerprint density at radius 3 is 2.62 bits per heavy atom. The van der Waals surface area contributed by atoms with Gasteiger partial charge in [0.05, 0.1) is 10.4 Å². The fourth-order valence-electron chi connectivity index (χ4n) is 2.80. The van der Waals surface area contributed by atoms with Crippen molar-refractivity contribution in [3.63, 3.8) is 0 Å². The first kappa shape index (κ1) is 16.9. The number of fused-ring (bicyclic) bond motifs is 1. The minimum Gasteiger partial charge on any atom is -0.352 e. The van der Waals surface area contributed by atoms with Gasteiger partial charge >= 0.3 is 0 Å². The molecular formula is C17H19N3O2S2. The number of aromatic amines is 1. The molecule has 2 aromatic rings. The van der Waals surface area contributed by atoms with Gasteiger partial charge in [0.15, 0.2) is 0 Å². The number of H-pyrrole nitrogens is 1. The molecule has 0 aromatic carbocycles. The molecular weight excluding hydrogens is 342 g/mol. The molecule has 0 saturated heterocycles. The number of carbonyl (C=O) groups excluding carboxylic acids is 2. The van der Waals surface area contributed by atoms with Gasteiger partial charge in [-0.05, 0) is 49.4 Å². The maximum absolute atomic E-state index is 12.3. The number of amides is 2. The lowest BCUT2D eigenvalue weighted by Gasteiger charge is -2.07. The van der Waals surface area contributed by atoms with Crippen molar-refractivity contribution in [2.45, 2.75) is 38.5 Å². The number of rotatable bonds is 2.